The van der Waals surface area contributed by atoms with Gasteiger partial charge in [0, 0.05) is 24.3 Å². The van der Waals surface area contributed by atoms with Gasteiger partial charge >= 0.3 is 11.9 Å². The summed E-state index contributed by atoms with van der Waals surface area (Å²) in [4.78, 5) is 54.4. The maximum Gasteiger partial charge on any atom is 0.343 e. The molecule has 0 aromatic heterocycles. The SMILES string of the molecule is CCN(CC)c1ccc(/C=C(/NC(=O)c2ccccc2)C(=O)N/N=C/c2ccc(OC(=O)c3ccccc3)c(OC(=O)c3ccccc3)c2)cc1. The highest BCUT2D eigenvalue weighted by Gasteiger charge is 2.18. The van der Waals surface area contributed by atoms with E-state index in [0.29, 0.717) is 27.8 Å². The van der Waals surface area contributed by atoms with Crippen LogP contribution in [0.1, 0.15) is 56.0 Å². The highest BCUT2D eigenvalue weighted by Crippen LogP contribution is 2.30. The summed E-state index contributed by atoms with van der Waals surface area (Å²) in [7, 11) is 0. The second-order valence-corrected chi connectivity index (χ2v) is 11.1. The normalized spacial score (nSPS) is 11.1. The van der Waals surface area contributed by atoms with Gasteiger partial charge in [-0.2, -0.15) is 5.10 Å². The number of ether oxygens (including phenoxy) is 2. The van der Waals surface area contributed by atoms with Crippen LogP contribution >= 0.6 is 0 Å². The number of benzene rings is 5. The van der Waals surface area contributed by atoms with Crippen LogP contribution in [0.2, 0.25) is 0 Å². The van der Waals surface area contributed by atoms with Crippen LogP contribution in [-0.4, -0.2) is 43.1 Å². The number of hydrogen-bond donors (Lipinski definition) is 2. The van der Waals surface area contributed by atoms with E-state index in [9.17, 15) is 19.2 Å². The van der Waals surface area contributed by atoms with Crippen molar-refractivity contribution in [1.29, 1.82) is 0 Å². The Labute approximate surface area is 296 Å². The molecule has 0 aliphatic carbocycles. The van der Waals surface area contributed by atoms with Gasteiger partial charge in [0.1, 0.15) is 5.70 Å². The van der Waals surface area contributed by atoms with Crippen molar-refractivity contribution in [3.8, 4) is 11.5 Å². The fraction of sp³-hybridized carbons (Fsp3) is 0.0976. The van der Waals surface area contributed by atoms with Gasteiger partial charge in [0.25, 0.3) is 11.8 Å². The molecule has 5 aromatic rings. The topological polar surface area (TPSA) is 126 Å². The molecule has 51 heavy (non-hydrogen) atoms. The molecule has 0 unspecified atom stereocenters. The molecule has 0 spiro atoms. The summed E-state index contributed by atoms with van der Waals surface area (Å²) in [6, 6.07) is 37.4. The van der Waals surface area contributed by atoms with E-state index in [1.807, 2.05) is 24.3 Å². The highest BCUT2D eigenvalue weighted by molar-refractivity contribution is 6.05. The number of nitrogens with one attached hydrogen (secondary N) is 2. The lowest BCUT2D eigenvalue weighted by molar-refractivity contribution is -0.117. The van der Waals surface area contributed by atoms with Gasteiger partial charge < -0.3 is 19.7 Å². The van der Waals surface area contributed by atoms with Crippen LogP contribution in [0.4, 0.5) is 5.69 Å². The first kappa shape index (κ1) is 35.5. The van der Waals surface area contributed by atoms with Crippen molar-refractivity contribution in [2.75, 3.05) is 18.0 Å². The smallest absolute Gasteiger partial charge is 0.343 e. The third-order valence-electron chi connectivity index (χ3n) is 7.63. The van der Waals surface area contributed by atoms with E-state index < -0.39 is 23.8 Å². The van der Waals surface area contributed by atoms with E-state index in [1.54, 1.807) is 103 Å². The first-order valence-electron chi connectivity index (χ1n) is 16.3. The molecule has 2 amide bonds. The van der Waals surface area contributed by atoms with Gasteiger partial charge in [-0.05, 0) is 97.8 Å². The van der Waals surface area contributed by atoms with Crippen molar-refractivity contribution < 1.29 is 28.7 Å². The molecule has 0 aliphatic heterocycles. The molecule has 5 aromatic carbocycles. The van der Waals surface area contributed by atoms with Crippen LogP contribution in [0.5, 0.6) is 11.5 Å². The van der Waals surface area contributed by atoms with Crippen LogP contribution in [0.3, 0.4) is 0 Å². The summed E-state index contributed by atoms with van der Waals surface area (Å²) in [5.41, 5.74) is 5.56. The Morgan fingerprint density at radius 1 is 0.627 bits per heavy atom. The van der Waals surface area contributed by atoms with Crippen molar-refractivity contribution in [3.05, 3.63) is 167 Å². The minimum atomic E-state index is -0.674. The monoisotopic (exact) mass is 680 g/mol. The Kier molecular flexibility index (Phi) is 12.2. The maximum atomic E-state index is 13.4. The van der Waals surface area contributed by atoms with Crippen LogP contribution in [0.15, 0.2) is 144 Å². The third-order valence-corrected chi connectivity index (χ3v) is 7.63. The second-order valence-electron chi connectivity index (χ2n) is 11.1. The Balaban J connectivity index is 1.37. The van der Waals surface area contributed by atoms with Gasteiger partial charge in [0.2, 0.25) is 0 Å². The van der Waals surface area contributed by atoms with Crippen LogP contribution in [0.25, 0.3) is 6.08 Å². The molecule has 0 saturated carbocycles. The lowest BCUT2D eigenvalue weighted by Gasteiger charge is -2.21. The Morgan fingerprint density at radius 2 is 1.14 bits per heavy atom. The minimum absolute atomic E-state index is 0.00942. The molecule has 0 radical (unpaired) electrons. The zero-order chi connectivity index (χ0) is 36.0. The molecule has 256 valence electrons. The Hall–Kier alpha value is -6.81. The molecule has 10 nitrogen and oxygen atoms in total. The quantitative estimate of drug-likeness (QED) is 0.0456. The number of carbonyl (C=O) groups excluding carboxylic acids is 4. The number of hydrogen-bond acceptors (Lipinski definition) is 8. The Bertz CT molecular complexity index is 2030. The zero-order valence-corrected chi connectivity index (χ0v) is 28.1. The van der Waals surface area contributed by atoms with Crippen molar-refractivity contribution >= 4 is 41.7 Å². The molecule has 2 N–H and O–H groups in total. The van der Waals surface area contributed by atoms with Gasteiger partial charge in [-0.1, -0.05) is 66.7 Å². The number of amides is 2. The number of nitrogens with zero attached hydrogens (tertiary/aromatic N) is 2. The fourth-order valence-electron chi connectivity index (χ4n) is 4.94. The van der Waals surface area contributed by atoms with Crippen molar-refractivity contribution in [3.63, 3.8) is 0 Å². The summed E-state index contributed by atoms with van der Waals surface area (Å²) >= 11 is 0. The van der Waals surface area contributed by atoms with E-state index in [-0.39, 0.29) is 17.2 Å². The van der Waals surface area contributed by atoms with Gasteiger partial charge in [0.15, 0.2) is 11.5 Å². The highest BCUT2D eigenvalue weighted by atomic mass is 16.6. The largest absolute Gasteiger partial charge is 0.419 e. The predicted octanol–water partition coefficient (Wildman–Crippen LogP) is 6.89. The summed E-state index contributed by atoms with van der Waals surface area (Å²) in [5, 5.41) is 6.78. The molecule has 0 fully saturated rings. The lowest BCUT2D eigenvalue weighted by atomic mass is 10.1. The minimum Gasteiger partial charge on any atom is -0.419 e. The standard InChI is InChI=1S/C41H36N4O6/c1-3-45(4-2)34-23-20-29(21-24-34)26-35(43-38(46)31-14-8-5-9-15-31)39(47)44-42-28-30-22-25-36(50-40(48)32-16-10-6-11-17-32)37(27-30)51-41(49)33-18-12-7-13-19-33/h5-28H,3-4H2,1-2H3,(H,43,46)(H,44,47)/b35-26+,42-28+. The Morgan fingerprint density at radius 3 is 1.69 bits per heavy atom. The number of rotatable bonds is 13. The van der Waals surface area contributed by atoms with Crippen LogP contribution < -0.4 is 25.1 Å². The number of carbonyl (C=O) groups is 4. The summed E-state index contributed by atoms with van der Waals surface area (Å²) in [6.07, 6.45) is 2.89. The third kappa shape index (κ3) is 9.86. The second kappa shape index (κ2) is 17.5. The molecule has 10 heteroatoms. The molecule has 0 heterocycles. The summed E-state index contributed by atoms with van der Waals surface area (Å²) in [5.74, 6) is -2.47. The van der Waals surface area contributed by atoms with E-state index in [2.05, 4.69) is 34.6 Å². The van der Waals surface area contributed by atoms with Gasteiger partial charge in [0.05, 0.1) is 17.3 Å². The molecule has 0 atom stereocenters. The number of anilines is 1. The molecular weight excluding hydrogens is 644 g/mol. The van der Waals surface area contributed by atoms with Gasteiger partial charge in [-0.3, -0.25) is 9.59 Å². The summed E-state index contributed by atoms with van der Waals surface area (Å²) < 4.78 is 11.2. The van der Waals surface area contributed by atoms with E-state index in [0.717, 1.165) is 18.8 Å². The van der Waals surface area contributed by atoms with Crippen LogP contribution in [-0.2, 0) is 4.79 Å². The number of hydrazone groups is 1. The number of esters is 2. The van der Waals surface area contributed by atoms with Gasteiger partial charge in [-0.15, -0.1) is 0 Å². The molecule has 0 saturated heterocycles. The molecule has 5 rings (SSSR count). The molecular formula is C41H36N4O6. The van der Waals surface area contributed by atoms with E-state index in [4.69, 9.17) is 9.47 Å². The first-order valence-corrected chi connectivity index (χ1v) is 16.3. The maximum absolute atomic E-state index is 13.4. The lowest BCUT2D eigenvalue weighted by Crippen LogP contribution is -2.32. The average Bonchev–Trinajstić information content (AvgIpc) is 3.17. The zero-order valence-electron chi connectivity index (χ0n) is 28.1. The molecule has 0 bridgehead atoms. The van der Waals surface area contributed by atoms with Gasteiger partial charge in [-0.25, -0.2) is 15.0 Å². The van der Waals surface area contributed by atoms with Crippen molar-refractivity contribution in [2.24, 2.45) is 5.10 Å². The summed E-state index contributed by atoms with van der Waals surface area (Å²) in [6.45, 7) is 5.85. The van der Waals surface area contributed by atoms with Crippen molar-refractivity contribution in [2.45, 2.75) is 13.8 Å². The molecule has 0 aliphatic rings. The van der Waals surface area contributed by atoms with Crippen LogP contribution in [0, 0.1) is 0 Å². The average molecular weight is 681 g/mol. The predicted molar refractivity (Wildman–Crippen MR) is 197 cm³/mol. The van der Waals surface area contributed by atoms with E-state index >= 15 is 0 Å². The fourth-order valence-corrected chi connectivity index (χ4v) is 4.94. The first-order chi connectivity index (χ1) is 24.8. The van der Waals surface area contributed by atoms with E-state index in [1.165, 1.54) is 18.3 Å². The van der Waals surface area contributed by atoms with Crippen molar-refractivity contribution in [1.82, 2.24) is 10.7 Å².